The summed E-state index contributed by atoms with van der Waals surface area (Å²) in [6, 6.07) is 0. The number of hydrogen-bond donors (Lipinski definition) is 0. The molecule has 0 saturated carbocycles. The van der Waals surface area contributed by atoms with Gasteiger partial charge in [0.25, 0.3) is 0 Å². The first-order valence-corrected chi connectivity index (χ1v) is 57.9. The van der Waals surface area contributed by atoms with Gasteiger partial charge in [0.1, 0.15) is 0 Å². The van der Waals surface area contributed by atoms with E-state index >= 15 is 0 Å². The number of rotatable bonds is 96. The van der Waals surface area contributed by atoms with Gasteiger partial charge < -0.3 is 18.8 Å². The molecule has 0 bridgehead atoms. The largest absolute Gasteiger partial charge is 2.00 e. The Kier molecular flexibility index (Phi) is 109. The summed E-state index contributed by atoms with van der Waals surface area (Å²) in [5.41, 5.74) is -5.77. The summed E-state index contributed by atoms with van der Waals surface area (Å²) in [5.74, 6) is 1.78. The van der Waals surface area contributed by atoms with Crippen LogP contribution in [0.4, 0.5) is 0 Å². The molecule has 4 nitrogen and oxygen atoms in total. The molecule has 0 N–H and O–H groups in total. The molecule has 0 fully saturated rings. The van der Waals surface area contributed by atoms with E-state index in [1.54, 1.807) is 0 Å². The molecule has 0 aliphatic carbocycles. The monoisotopic (exact) mass is 1670 g/mol. The second-order valence-corrected chi connectivity index (χ2v) is 46.3. The first kappa shape index (κ1) is 114. The van der Waals surface area contributed by atoms with Gasteiger partial charge in [0.2, 0.25) is 0 Å². The van der Waals surface area contributed by atoms with E-state index in [4.69, 9.17) is 32.7 Å². The van der Waals surface area contributed by atoms with Crippen molar-refractivity contribution in [3.05, 3.63) is 0 Å². The molecule has 0 aromatic heterocycles. The fourth-order valence-electron chi connectivity index (χ4n) is 15.6. The normalized spacial score (nSPS) is 12.8. The molecule has 107 heavy (non-hydrogen) atoms. The van der Waals surface area contributed by atoms with Gasteiger partial charge in [0, 0.05) is 11.4 Å². The van der Waals surface area contributed by atoms with Crippen LogP contribution in [0, 0.1) is 0 Å². The van der Waals surface area contributed by atoms with Crippen molar-refractivity contribution in [2.45, 2.75) is 593 Å². The second kappa shape index (κ2) is 103. The van der Waals surface area contributed by atoms with Gasteiger partial charge >= 0.3 is 19.5 Å². The summed E-state index contributed by atoms with van der Waals surface area (Å²) in [7, 11) is 0. The zero-order valence-electron chi connectivity index (χ0n) is 73.9. The minimum atomic E-state index is -2.89. The topological polar surface area (TPSA) is 64.6 Å². The van der Waals surface area contributed by atoms with Gasteiger partial charge in [0.15, 0.2) is 0 Å². The van der Waals surface area contributed by atoms with E-state index in [0.29, 0.717) is 13.2 Å². The number of hydrogen-bond acceptors (Lipinski definition) is 8. The fourth-order valence-corrected chi connectivity index (χ4v) is 22.4. The van der Waals surface area contributed by atoms with Gasteiger partial charge in [-0.25, -0.2) is 0 Å². The third-order valence-electron chi connectivity index (χ3n) is 23.0. The van der Waals surface area contributed by atoms with Crippen molar-refractivity contribution in [2.75, 3.05) is 24.7 Å². The second-order valence-electron chi connectivity index (χ2n) is 33.9. The Morgan fingerprint density at radius 3 is 0.374 bits per heavy atom. The Hall–Kier alpha value is 2.46. The van der Waals surface area contributed by atoms with Crippen molar-refractivity contribution in [3.63, 3.8) is 0 Å². The molecule has 640 valence electrons. The maximum Gasteiger partial charge on any atom is 2.00 e. The Morgan fingerprint density at radius 1 is 0.168 bits per heavy atom. The van der Waals surface area contributed by atoms with Gasteiger partial charge in [-0.2, -0.15) is 0 Å². The van der Waals surface area contributed by atoms with E-state index in [1.165, 1.54) is 562 Å². The van der Waals surface area contributed by atoms with Crippen LogP contribution in [0.1, 0.15) is 593 Å². The van der Waals surface area contributed by atoms with Gasteiger partial charge in [-0.15, -0.1) is 22.8 Å². The maximum absolute atomic E-state index is 12.6. The van der Waals surface area contributed by atoms with Crippen molar-refractivity contribution >= 4 is 57.8 Å². The molecule has 0 saturated heterocycles. The Balaban J connectivity index is -0.00000200. The molecule has 0 aromatic carbocycles. The molecular formula is C96H196O4P2S4Zn. The number of unbranched alkanes of at least 4 members (excludes halogenated alkanes) is 84. The standard InChI is InChI=1S/2C48H99O2PS2.Zn/c2*1-3-5-7-9-11-13-15-17-19-21-23-25-27-29-31-33-35-37-39-41-43-45-47-50-51(49,52)53-48-46-44-42-40-38-36-34-32-30-28-26-24-22-20-18-16-14-12-10-8-6-4-2;/h2*3-48H2,1-2H3,(H,49,52);/q;;+2/p-2. The first-order valence-electron chi connectivity index (χ1n) is 49.4. The van der Waals surface area contributed by atoms with Crippen LogP contribution in [0.2, 0.25) is 0 Å². The molecule has 0 spiro atoms. The molecule has 0 heterocycles. The summed E-state index contributed by atoms with van der Waals surface area (Å²) in [6.07, 6.45) is 123. The Labute approximate surface area is 707 Å². The zero-order chi connectivity index (χ0) is 76.9. The van der Waals surface area contributed by atoms with E-state index in [-0.39, 0.29) is 19.5 Å². The molecule has 11 heteroatoms. The Morgan fingerprint density at radius 2 is 0.262 bits per heavy atom. The molecule has 0 aliphatic heterocycles. The molecule has 2 unspecified atom stereocenters. The van der Waals surface area contributed by atoms with Crippen LogP contribution < -0.4 is 9.79 Å². The maximum atomic E-state index is 12.6. The van der Waals surface area contributed by atoms with Crippen LogP contribution in [0.15, 0.2) is 0 Å². The quantitative estimate of drug-likeness (QED) is 0.0339. The van der Waals surface area contributed by atoms with Crippen LogP contribution in [0.25, 0.3) is 0 Å². The molecule has 0 aromatic rings. The minimum absolute atomic E-state index is 0. The molecule has 0 rings (SSSR count). The van der Waals surface area contributed by atoms with Crippen molar-refractivity contribution < 1.29 is 38.3 Å². The molecule has 0 radical (unpaired) electrons. The predicted molar refractivity (Wildman–Crippen MR) is 494 cm³/mol. The van der Waals surface area contributed by atoms with Gasteiger partial charge in [-0.1, -0.05) is 591 Å². The third kappa shape index (κ3) is 108. The van der Waals surface area contributed by atoms with E-state index in [2.05, 4.69) is 27.7 Å². The minimum Gasteiger partial charge on any atom is -0.793 e. The SMILES string of the molecule is CCCCCCCCCCCCCCCCCCCCCCCCOP([O-])(=S)SCCCCCCCCCCCCCCCCCCCCCCCC.CCCCCCCCCCCCCCCCCCCCCCCCOP([O-])(=S)SCCCCCCCCCCCCCCCCCCCCCCCC.[Zn+2]. The van der Waals surface area contributed by atoms with Crippen LogP contribution in [0.3, 0.4) is 0 Å². The van der Waals surface area contributed by atoms with Crippen LogP contribution >= 0.6 is 34.2 Å². The molecule has 0 aliphatic rings. The predicted octanol–water partition coefficient (Wildman–Crippen LogP) is 37.0. The average Bonchev–Trinajstić information content (AvgIpc) is 0.962. The van der Waals surface area contributed by atoms with Crippen LogP contribution in [-0.4, -0.2) is 24.7 Å². The summed E-state index contributed by atoms with van der Waals surface area (Å²) in [4.78, 5) is 25.2. The van der Waals surface area contributed by atoms with E-state index in [1.807, 2.05) is 0 Å². The zero-order valence-corrected chi connectivity index (χ0v) is 81.9. The van der Waals surface area contributed by atoms with Crippen molar-refractivity contribution in [1.82, 2.24) is 0 Å². The van der Waals surface area contributed by atoms with Gasteiger partial charge in [-0.3, -0.25) is 0 Å². The van der Waals surface area contributed by atoms with E-state index in [9.17, 15) is 9.79 Å². The molecular weight excluding hydrogens is 1470 g/mol. The average molecular weight is 1670 g/mol. The molecule has 2 atom stereocenters. The van der Waals surface area contributed by atoms with Crippen molar-refractivity contribution in [1.29, 1.82) is 0 Å². The Bertz CT molecular complexity index is 1430. The van der Waals surface area contributed by atoms with E-state index in [0.717, 1.165) is 37.2 Å². The summed E-state index contributed by atoms with van der Waals surface area (Å²) < 4.78 is 11.3. The van der Waals surface area contributed by atoms with Crippen LogP contribution in [-0.2, 0) is 52.1 Å². The van der Waals surface area contributed by atoms with E-state index < -0.39 is 11.4 Å². The van der Waals surface area contributed by atoms with Gasteiger partial charge in [-0.05, 0) is 37.2 Å². The van der Waals surface area contributed by atoms with Crippen molar-refractivity contribution in [3.8, 4) is 0 Å². The summed E-state index contributed by atoms with van der Waals surface area (Å²) >= 11 is 13.4. The smallest absolute Gasteiger partial charge is 0.793 e. The summed E-state index contributed by atoms with van der Waals surface area (Å²) in [5, 5.41) is 0. The third-order valence-corrected chi connectivity index (χ3v) is 31.7. The van der Waals surface area contributed by atoms with Crippen LogP contribution in [0.5, 0.6) is 0 Å². The van der Waals surface area contributed by atoms with Crippen molar-refractivity contribution in [2.24, 2.45) is 0 Å². The van der Waals surface area contributed by atoms with Gasteiger partial charge in [0.05, 0.1) is 13.2 Å². The first-order chi connectivity index (χ1) is 52.2. The molecule has 0 amide bonds. The summed E-state index contributed by atoms with van der Waals surface area (Å²) in [6.45, 7) is 10.4. The fraction of sp³-hybridized carbons (Fsp3) is 1.00.